The van der Waals surface area contributed by atoms with Crippen molar-refractivity contribution in [3.63, 3.8) is 0 Å². The molecule has 11 aromatic rings. The molecule has 0 fully saturated rings. The molecule has 0 atom stereocenters. The van der Waals surface area contributed by atoms with Crippen molar-refractivity contribution >= 4 is 76.1 Å². The summed E-state index contributed by atoms with van der Waals surface area (Å²) >= 11 is 0. The molecule has 0 unspecified atom stereocenters. The maximum atomic E-state index is 6.57. The Morgan fingerprint density at radius 2 is 0.981 bits per heavy atom. The SMILES string of the molecule is CC1(C)c2cc(-n3c4ccccc4c4cc(-c5ccc6c7ccccc7c7ccccc7c6c5)ccc43)ccc2-c2c1ccc1c2oc2ccccc21. The number of nitrogens with zero attached hydrogens (tertiary/aromatic N) is 1. The summed E-state index contributed by atoms with van der Waals surface area (Å²) in [4.78, 5) is 0. The molecule has 1 aliphatic rings. The first kappa shape index (κ1) is 29.0. The summed E-state index contributed by atoms with van der Waals surface area (Å²) in [5.74, 6) is 0. The number of rotatable bonds is 2. The number of para-hydroxylation sites is 2. The Hall–Kier alpha value is -6.64. The van der Waals surface area contributed by atoms with E-state index in [4.69, 9.17) is 4.42 Å². The van der Waals surface area contributed by atoms with Gasteiger partial charge in [-0.1, -0.05) is 135 Å². The zero-order valence-electron chi connectivity index (χ0n) is 29.4. The van der Waals surface area contributed by atoms with E-state index in [-0.39, 0.29) is 5.41 Å². The third-order valence-electron chi connectivity index (χ3n) is 12.2. The minimum Gasteiger partial charge on any atom is -0.455 e. The fourth-order valence-electron chi connectivity index (χ4n) is 9.65. The van der Waals surface area contributed by atoms with Gasteiger partial charge in [0, 0.05) is 38.2 Å². The van der Waals surface area contributed by atoms with Crippen LogP contribution in [0.5, 0.6) is 0 Å². The summed E-state index contributed by atoms with van der Waals surface area (Å²) in [6.45, 7) is 4.70. The Labute approximate surface area is 306 Å². The van der Waals surface area contributed by atoms with Crippen molar-refractivity contribution in [3.8, 4) is 27.9 Å². The Kier molecular flexibility index (Phi) is 5.60. The Bertz CT molecular complexity index is 3340. The van der Waals surface area contributed by atoms with E-state index in [1.54, 1.807) is 0 Å². The molecule has 0 aliphatic heterocycles. The second kappa shape index (κ2) is 10.2. The minimum atomic E-state index is -0.175. The predicted molar refractivity (Wildman–Crippen MR) is 224 cm³/mol. The summed E-state index contributed by atoms with van der Waals surface area (Å²) in [6.07, 6.45) is 0. The van der Waals surface area contributed by atoms with Gasteiger partial charge in [-0.25, -0.2) is 0 Å². The van der Waals surface area contributed by atoms with Crippen molar-refractivity contribution < 1.29 is 4.42 Å². The predicted octanol–water partition coefficient (Wildman–Crippen LogP) is 14.1. The van der Waals surface area contributed by atoms with Crippen molar-refractivity contribution in [2.24, 2.45) is 0 Å². The molecule has 0 radical (unpaired) electrons. The fourth-order valence-corrected chi connectivity index (χ4v) is 9.65. The van der Waals surface area contributed by atoms with Gasteiger partial charge in [0.2, 0.25) is 0 Å². The molecule has 2 heteroatoms. The van der Waals surface area contributed by atoms with Crippen LogP contribution < -0.4 is 0 Å². The summed E-state index contributed by atoms with van der Waals surface area (Å²) < 4.78 is 9.02. The normalized spacial score (nSPS) is 13.6. The Balaban J connectivity index is 1.04. The maximum absolute atomic E-state index is 6.57. The third-order valence-corrected chi connectivity index (χ3v) is 12.2. The zero-order valence-corrected chi connectivity index (χ0v) is 29.4. The molecule has 12 rings (SSSR count). The average Bonchev–Trinajstić information content (AvgIpc) is 3.83. The van der Waals surface area contributed by atoms with Crippen molar-refractivity contribution in [1.29, 1.82) is 0 Å². The summed E-state index contributed by atoms with van der Waals surface area (Å²) in [5.41, 5.74) is 12.9. The van der Waals surface area contributed by atoms with Gasteiger partial charge in [-0.3, -0.25) is 0 Å². The second-order valence-corrected chi connectivity index (χ2v) is 15.3. The van der Waals surface area contributed by atoms with Gasteiger partial charge in [0.25, 0.3) is 0 Å². The van der Waals surface area contributed by atoms with Crippen LogP contribution in [0, 0.1) is 0 Å². The molecule has 0 saturated heterocycles. The number of hydrogen-bond acceptors (Lipinski definition) is 1. The maximum Gasteiger partial charge on any atom is 0.143 e. The lowest BCUT2D eigenvalue weighted by Gasteiger charge is -2.22. The molecular weight excluding hydrogens is 643 g/mol. The van der Waals surface area contributed by atoms with Gasteiger partial charge in [0.15, 0.2) is 0 Å². The molecule has 53 heavy (non-hydrogen) atoms. The van der Waals surface area contributed by atoms with Crippen LogP contribution in [-0.4, -0.2) is 4.57 Å². The van der Waals surface area contributed by atoms with E-state index in [1.807, 2.05) is 0 Å². The number of furan rings is 1. The highest BCUT2D eigenvalue weighted by atomic mass is 16.3. The standard InChI is InChI=1S/C51H33NO/c1-51(2)44-25-24-40-39-16-8-10-18-48(39)53-50(40)49(44)41-23-21-32(29-45(41)51)52-46-17-9-7-15-38(46)43-28-31(20-26-47(43)52)30-19-22-37-35-13-4-3-11-33(35)34-12-5-6-14-36(34)42(37)27-30/h3-29H,1-2H3. The Morgan fingerprint density at radius 1 is 0.415 bits per heavy atom. The van der Waals surface area contributed by atoms with E-state index in [1.165, 1.54) is 104 Å². The van der Waals surface area contributed by atoms with Crippen molar-refractivity contribution in [1.82, 2.24) is 4.57 Å². The number of benzene rings is 9. The molecule has 2 aromatic heterocycles. The molecule has 2 nitrogen and oxygen atoms in total. The van der Waals surface area contributed by atoms with Crippen LogP contribution in [0.4, 0.5) is 0 Å². The van der Waals surface area contributed by atoms with Crippen LogP contribution in [0.15, 0.2) is 168 Å². The highest BCUT2D eigenvalue weighted by Crippen LogP contribution is 2.53. The van der Waals surface area contributed by atoms with Crippen molar-refractivity contribution in [3.05, 3.63) is 175 Å². The van der Waals surface area contributed by atoms with Crippen LogP contribution in [0.3, 0.4) is 0 Å². The third kappa shape index (κ3) is 3.82. The summed E-state index contributed by atoms with van der Waals surface area (Å²) in [5, 5.41) is 12.7. The molecule has 0 N–H and O–H groups in total. The highest BCUT2D eigenvalue weighted by molar-refractivity contribution is 6.26. The molecule has 1 aliphatic carbocycles. The molecule has 0 amide bonds. The first-order chi connectivity index (χ1) is 26.0. The summed E-state index contributed by atoms with van der Waals surface area (Å²) in [7, 11) is 0. The first-order valence-corrected chi connectivity index (χ1v) is 18.5. The van der Waals surface area contributed by atoms with Gasteiger partial charge in [-0.15, -0.1) is 0 Å². The van der Waals surface area contributed by atoms with Gasteiger partial charge in [-0.2, -0.15) is 0 Å². The topological polar surface area (TPSA) is 18.1 Å². The van der Waals surface area contributed by atoms with E-state index in [0.717, 1.165) is 11.2 Å². The number of fused-ring (bicyclic) bond motifs is 16. The van der Waals surface area contributed by atoms with E-state index in [9.17, 15) is 0 Å². The van der Waals surface area contributed by atoms with E-state index < -0.39 is 0 Å². The fraction of sp³-hybridized carbons (Fsp3) is 0.0588. The second-order valence-electron chi connectivity index (χ2n) is 15.3. The zero-order chi connectivity index (χ0) is 35.0. The smallest absolute Gasteiger partial charge is 0.143 e. The van der Waals surface area contributed by atoms with Crippen LogP contribution >= 0.6 is 0 Å². The average molecular weight is 676 g/mol. The molecule has 0 bridgehead atoms. The molecule has 2 heterocycles. The minimum absolute atomic E-state index is 0.175. The Morgan fingerprint density at radius 3 is 1.74 bits per heavy atom. The van der Waals surface area contributed by atoms with Crippen LogP contribution in [0.2, 0.25) is 0 Å². The summed E-state index contributed by atoms with van der Waals surface area (Å²) in [6, 6.07) is 60.4. The molecule has 0 saturated carbocycles. The van der Waals surface area contributed by atoms with Crippen LogP contribution in [-0.2, 0) is 5.41 Å². The molecule has 9 aromatic carbocycles. The quantitative estimate of drug-likeness (QED) is 0.167. The highest BCUT2D eigenvalue weighted by Gasteiger charge is 2.38. The van der Waals surface area contributed by atoms with Crippen LogP contribution in [0.1, 0.15) is 25.0 Å². The van der Waals surface area contributed by atoms with E-state index in [2.05, 4.69) is 182 Å². The van der Waals surface area contributed by atoms with Gasteiger partial charge in [-0.05, 0) is 103 Å². The largest absolute Gasteiger partial charge is 0.455 e. The van der Waals surface area contributed by atoms with Crippen molar-refractivity contribution in [2.45, 2.75) is 19.3 Å². The number of hydrogen-bond donors (Lipinski definition) is 0. The van der Waals surface area contributed by atoms with Crippen molar-refractivity contribution in [2.75, 3.05) is 0 Å². The van der Waals surface area contributed by atoms with Gasteiger partial charge >= 0.3 is 0 Å². The van der Waals surface area contributed by atoms with E-state index in [0.29, 0.717) is 0 Å². The van der Waals surface area contributed by atoms with Gasteiger partial charge in [0.1, 0.15) is 11.2 Å². The molecule has 0 spiro atoms. The lowest BCUT2D eigenvalue weighted by atomic mass is 9.82. The number of aromatic nitrogens is 1. The van der Waals surface area contributed by atoms with Gasteiger partial charge < -0.3 is 8.98 Å². The molecule has 248 valence electrons. The molecular formula is C51H33NO. The lowest BCUT2D eigenvalue weighted by molar-refractivity contribution is 0.653. The van der Waals surface area contributed by atoms with Gasteiger partial charge in [0.05, 0.1) is 11.0 Å². The lowest BCUT2D eigenvalue weighted by Crippen LogP contribution is -2.15. The first-order valence-electron chi connectivity index (χ1n) is 18.5. The van der Waals surface area contributed by atoms with Crippen LogP contribution in [0.25, 0.3) is 104 Å². The monoisotopic (exact) mass is 675 g/mol. The van der Waals surface area contributed by atoms with E-state index >= 15 is 0 Å².